The summed E-state index contributed by atoms with van der Waals surface area (Å²) in [7, 11) is 0. The van der Waals surface area contributed by atoms with E-state index >= 15 is 0 Å². The van der Waals surface area contributed by atoms with E-state index in [0.717, 1.165) is 12.0 Å². The van der Waals surface area contributed by atoms with Gasteiger partial charge < -0.3 is 36.8 Å². The van der Waals surface area contributed by atoms with Crippen LogP contribution in [0.5, 0.6) is 0 Å². The summed E-state index contributed by atoms with van der Waals surface area (Å²) in [6, 6.07) is 15.0. The van der Waals surface area contributed by atoms with Gasteiger partial charge in [-0.25, -0.2) is 14.8 Å². The van der Waals surface area contributed by atoms with E-state index in [1.807, 2.05) is 37.3 Å². The number of nitrogens with two attached hydrogens (primary N) is 1. The van der Waals surface area contributed by atoms with E-state index in [1.165, 1.54) is 18.3 Å². The zero-order valence-corrected chi connectivity index (χ0v) is 27.6. The van der Waals surface area contributed by atoms with Crippen LogP contribution in [0.15, 0.2) is 65.6 Å². The maximum atomic E-state index is 12.7. The molecule has 0 aliphatic carbocycles. The molecule has 2 aromatic carbocycles. The number of carboxylic acid groups (broad SMARTS) is 1. The highest BCUT2D eigenvalue weighted by atomic mass is 16.5. The molecule has 50 heavy (non-hydrogen) atoms. The number of aromatic amines is 1. The molecular formula is C34H41N9O7. The molecule has 264 valence electrons. The highest BCUT2D eigenvalue weighted by Crippen LogP contribution is 2.12. The summed E-state index contributed by atoms with van der Waals surface area (Å²) in [6.45, 7) is 3.11. The van der Waals surface area contributed by atoms with Gasteiger partial charge in [-0.3, -0.25) is 24.2 Å². The van der Waals surface area contributed by atoms with Crippen LogP contribution >= 0.6 is 0 Å². The minimum absolute atomic E-state index is 0.00381. The number of carboxylic acids is 1. The van der Waals surface area contributed by atoms with Gasteiger partial charge in [0.05, 0.1) is 25.0 Å². The summed E-state index contributed by atoms with van der Waals surface area (Å²) in [5.41, 5.74) is 7.70. The molecule has 0 fully saturated rings. The molecule has 4 aromatic rings. The fourth-order valence-corrected chi connectivity index (χ4v) is 4.89. The molecule has 0 spiro atoms. The normalized spacial score (nSPS) is 12.1. The average Bonchev–Trinajstić information content (AvgIpc) is 3.09. The van der Waals surface area contributed by atoms with Crippen LogP contribution in [0.4, 0.5) is 11.6 Å². The quantitative estimate of drug-likeness (QED) is 0.0694. The van der Waals surface area contributed by atoms with Crippen LogP contribution in [0.1, 0.15) is 54.2 Å². The molecule has 16 nitrogen and oxygen atoms in total. The third-order valence-electron chi connectivity index (χ3n) is 7.42. The van der Waals surface area contributed by atoms with Crippen molar-refractivity contribution in [3.05, 3.63) is 88.0 Å². The van der Waals surface area contributed by atoms with Gasteiger partial charge in [-0.05, 0) is 56.0 Å². The number of aliphatic carboxylic acids is 1. The Balaban J connectivity index is 1.09. The fourth-order valence-electron chi connectivity index (χ4n) is 4.89. The van der Waals surface area contributed by atoms with Crippen molar-refractivity contribution < 1.29 is 29.0 Å². The number of nitrogens with one attached hydrogen (secondary N) is 5. The Bertz CT molecular complexity index is 1820. The molecule has 0 aliphatic heterocycles. The minimum Gasteiger partial charge on any atom is -0.480 e. The van der Waals surface area contributed by atoms with Crippen molar-refractivity contribution in [3.63, 3.8) is 0 Å². The lowest BCUT2D eigenvalue weighted by atomic mass is 10.1. The third kappa shape index (κ3) is 12.0. The number of hydrogen-bond acceptors (Lipinski definition) is 11. The first-order chi connectivity index (χ1) is 24.1. The highest BCUT2D eigenvalue weighted by molar-refractivity contribution is 5.97. The zero-order chi connectivity index (χ0) is 35.9. The minimum atomic E-state index is -1.27. The summed E-state index contributed by atoms with van der Waals surface area (Å²) in [5.74, 6) is -2.36. The molecule has 0 saturated heterocycles. The van der Waals surface area contributed by atoms with Gasteiger partial charge in [-0.2, -0.15) is 4.98 Å². The van der Waals surface area contributed by atoms with Gasteiger partial charge in [-0.15, -0.1) is 0 Å². The number of benzene rings is 2. The van der Waals surface area contributed by atoms with Gasteiger partial charge in [0.15, 0.2) is 11.2 Å². The average molecular weight is 688 g/mol. The van der Waals surface area contributed by atoms with Crippen molar-refractivity contribution in [1.82, 2.24) is 35.9 Å². The maximum absolute atomic E-state index is 12.7. The lowest BCUT2D eigenvalue weighted by molar-refractivity contribution is -0.139. The van der Waals surface area contributed by atoms with Crippen LogP contribution in [0.3, 0.4) is 0 Å². The number of anilines is 2. The molecular weight excluding hydrogens is 646 g/mol. The Kier molecular flexibility index (Phi) is 13.7. The van der Waals surface area contributed by atoms with E-state index < -0.39 is 23.5 Å². The molecule has 0 aliphatic rings. The van der Waals surface area contributed by atoms with E-state index in [4.69, 9.17) is 10.5 Å². The van der Waals surface area contributed by atoms with Gasteiger partial charge in [0.1, 0.15) is 6.04 Å². The molecule has 0 radical (unpaired) electrons. The van der Waals surface area contributed by atoms with Crippen LogP contribution < -0.4 is 32.6 Å². The Labute approximate surface area is 287 Å². The molecule has 8 N–H and O–H groups in total. The van der Waals surface area contributed by atoms with Crippen LogP contribution in [0.25, 0.3) is 11.2 Å². The number of ether oxygens (including phenoxy) is 1. The predicted octanol–water partition coefficient (Wildman–Crippen LogP) is 1.53. The number of rotatable bonds is 19. The summed E-state index contributed by atoms with van der Waals surface area (Å²) in [5, 5.41) is 20.8. The first-order valence-corrected chi connectivity index (χ1v) is 16.1. The monoisotopic (exact) mass is 687 g/mol. The lowest BCUT2D eigenvalue weighted by Gasteiger charge is -2.15. The predicted molar refractivity (Wildman–Crippen MR) is 185 cm³/mol. The molecule has 4 rings (SSSR count). The molecule has 2 aromatic heterocycles. The van der Waals surface area contributed by atoms with Gasteiger partial charge >= 0.3 is 5.97 Å². The summed E-state index contributed by atoms with van der Waals surface area (Å²) in [6.07, 6.45) is 2.75. The van der Waals surface area contributed by atoms with Crippen molar-refractivity contribution in [1.29, 1.82) is 0 Å². The number of hydrogen-bond donors (Lipinski definition) is 7. The molecule has 2 atom stereocenters. The van der Waals surface area contributed by atoms with Gasteiger partial charge in [-0.1, -0.05) is 30.3 Å². The number of aromatic nitrogens is 4. The van der Waals surface area contributed by atoms with E-state index in [2.05, 4.69) is 41.2 Å². The van der Waals surface area contributed by atoms with Crippen LogP contribution in [0, 0.1) is 0 Å². The van der Waals surface area contributed by atoms with Crippen molar-refractivity contribution in [2.45, 2.75) is 57.7 Å². The van der Waals surface area contributed by atoms with Crippen molar-refractivity contribution in [2.24, 2.45) is 0 Å². The number of H-pyrrole nitrogens is 1. The number of amides is 3. The van der Waals surface area contributed by atoms with Crippen LogP contribution in [-0.2, 0) is 32.1 Å². The number of nitrogens with zero attached hydrogens (tertiary/aromatic N) is 3. The standard InChI is InChI=1S/C34H41N9O7/c1-21(18-22-6-3-2-4-7-22)39-28(45)14-17-50-16-5-15-36-27(44)13-12-26(33(48)49)41-31(46)23-8-10-24(11-9-23)37-19-25-20-38-30-29(40-25)32(47)43-34(35)42-30/h2-4,6-11,20-21,26,37H,5,12-19H2,1H3,(H,36,44)(H,39,45)(H,41,46)(H,48,49)(H3,35,38,42,43,47)/t21?,26-/m0/s1. The van der Waals surface area contributed by atoms with E-state index in [9.17, 15) is 29.1 Å². The SMILES string of the molecule is CC(Cc1ccccc1)NC(=O)CCOCCCNC(=O)CC[C@H](NC(=O)c1ccc(NCc2cnc3nc(N)[nH]c(=O)c3n2)cc1)C(=O)O. The second-order valence-corrected chi connectivity index (χ2v) is 11.5. The Morgan fingerprint density at radius 2 is 1.72 bits per heavy atom. The molecule has 16 heteroatoms. The number of carbonyl (C=O) groups excluding carboxylic acids is 3. The maximum Gasteiger partial charge on any atom is 0.326 e. The van der Waals surface area contributed by atoms with Crippen molar-refractivity contribution in [3.8, 4) is 0 Å². The summed E-state index contributed by atoms with van der Waals surface area (Å²) < 4.78 is 5.50. The van der Waals surface area contributed by atoms with Crippen LogP contribution in [-0.4, -0.2) is 80.6 Å². The Hall–Kier alpha value is -5.90. The Morgan fingerprint density at radius 3 is 2.46 bits per heavy atom. The number of nitrogen functional groups attached to an aromatic ring is 1. The summed E-state index contributed by atoms with van der Waals surface area (Å²) >= 11 is 0. The second kappa shape index (κ2) is 18.6. The fraction of sp³-hybridized carbons (Fsp3) is 0.353. The highest BCUT2D eigenvalue weighted by Gasteiger charge is 2.22. The largest absolute Gasteiger partial charge is 0.480 e. The van der Waals surface area contributed by atoms with Crippen LogP contribution in [0.2, 0.25) is 0 Å². The Morgan fingerprint density at radius 1 is 0.960 bits per heavy atom. The second-order valence-electron chi connectivity index (χ2n) is 11.5. The topological polar surface area (TPSA) is 243 Å². The van der Waals surface area contributed by atoms with Crippen molar-refractivity contribution >= 4 is 46.5 Å². The van der Waals surface area contributed by atoms with Crippen molar-refractivity contribution in [2.75, 3.05) is 30.8 Å². The molecule has 3 amide bonds. The zero-order valence-electron chi connectivity index (χ0n) is 27.6. The van der Waals surface area contributed by atoms with Gasteiger partial charge in [0.2, 0.25) is 17.8 Å². The lowest BCUT2D eigenvalue weighted by Crippen LogP contribution is -2.41. The molecule has 0 bridgehead atoms. The molecule has 0 saturated carbocycles. The number of fused-ring (bicyclic) bond motifs is 1. The van der Waals surface area contributed by atoms with Gasteiger partial charge in [0.25, 0.3) is 11.5 Å². The van der Waals surface area contributed by atoms with Gasteiger partial charge in [0, 0.05) is 43.3 Å². The number of carbonyl (C=O) groups is 4. The molecule has 2 heterocycles. The van der Waals surface area contributed by atoms with E-state index in [-0.39, 0.29) is 72.9 Å². The van der Waals surface area contributed by atoms with E-state index in [0.29, 0.717) is 31.0 Å². The first kappa shape index (κ1) is 36.9. The molecule has 1 unspecified atom stereocenters. The summed E-state index contributed by atoms with van der Waals surface area (Å²) in [4.78, 5) is 75.7. The third-order valence-corrected chi connectivity index (χ3v) is 7.42. The smallest absolute Gasteiger partial charge is 0.326 e. The van der Waals surface area contributed by atoms with E-state index in [1.54, 1.807) is 12.1 Å². The first-order valence-electron chi connectivity index (χ1n) is 16.1.